The maximum atomic E-state index is 13.6. The van der Waals surface area contributed by atoms with Gasteiger partial charge in [-0.1, -0.05) is 6.07 Å². The minimum absolute atomic E-state index is 0.287. The third-order valence-corrected chi connectivity index (χ3v) is 3.59. The Morgan fingerprint density at radius 2 is 2.00 bits per heavy atom. The van der Waals surface area contributed by atoms with Crippen molar-refractivity contribution < 1.29 is 9.13 Å². The molecule has 2 rings (SSSR count). The minimum atomic E-state index is -0.287. The van der Waals surface area contributed by atoms with Gasteiger partial charge >= 0.3 is 0 Å². The second-order valence-electron chi connectivity index (χ2n) is 5.00. The number of ether oxygens (including phenoxy) is 1. The van der Waals surface area contributed by atoms with E-state index in [2.05, 4.69) is 24.1 Å². The number of halogens is 1. The van der Waals surface area contributed by atoms with Gasteiger partial charge in [-0.05, 0) is 31.5 Å². The molecule has 1 aliphatic heterocycles. The van der Waals surface area contributed by atoms with Crippen LogP contribution in [0.15, 0.2) is 18.2 Å². The Bertz CT molecular complexity index is 401. The van der Waals surface area contributed by atoms with Crippen molar-refractivity contribution in [2.45, 2.75) is 32.5 Å². The molecule has 0 bridgehead atoms. The number of piperazine rings is 1. The van der Waals surface area contributed by atoms with Crippen LogP contribution in [0.3, 0.4) is 0 Å². The van der Waals surface area contributed by atoms with Crippen molar-refractivity contribution in [2.24, 2.45) is 0 Å². The molecule has 1 aliphatic rings. The molecule has 1 saturated heterocycles. The largest absolute Gasteiger partial charge is 0.494 e. The lowest BCUT2D eigenvalue weighted by atomic mass is 10.1. The molecule has 2 atom stereocenters. The average Bonchev–Trinajstić information content (AvgIpc) is 2.34. The molecule has 0 aliphatic carbocycles. The highest BCUT2D eigenvalue weighted by Gasteiger charge is 2.24. The molecule has 18 heavy (non-hydrogen) atoms. The number of rotatable bonds is 3. The third kappa shape index (κ3) is 2.82. The van der Waals surface area contributed by atoms with Crippen molar-refractivity contribution in [2.75, 3.05) is 20.2 Å². The van der Waals surface area contributed by atoms with E-state index in [1.54, 1.807) is 12.1 Å². The quantitative estimate of drug-likeness (QED) is 0.890. The SMILES string of the molecule is COc1ccc(CN2C(C)CNCC2C)cc1F. The zero-order valence-electron chi connectivity index (χ0n) is 11.2. The summed E-state index contributed by atoms with van der Waals surface area (Å²) in [6.07, 6.45) is 0. The molecule has 3 nitrogen and oxygen atoms in total. The Labute approximate surface area is 108 Å². The molecule has 2 unspecified atom stereocenters. The van der Waals surface area contributed by atoms with Crippen molar-refractivity contribution in [3.8, 4) is 5.75 Å². The van der Waals surface area contributed by atoms with Crippen LogP contribution in [0.2, 0.25) is 0 Å². The summed E-state index contributed by atoms with van der Waals surface area (Å²) < 4.78 is 18.6. The fourth-order valence-corrected chi connectivity index (χ4v) is 2.50. The van der Waals surface area contributed by atoms with Crippen LogP contribution in [-0.4, -0.2) is 37.2 Å². The molecule has 100 valence electrons. The summed E-state index contributed by atoms with van der Waals surface area (Å²) in [6, 6.07) is 6.14. The Balaban J connectivity index is 2.10. The zero-order chi connectivity index (χ0) is 13.1. The summed E-state index contributed by atoms with van der Waals surface area (Å²) in [4.78, 5) is 2.40. The van der Waals surface area contributed by atoms with Crippen LogP contribution in [0.5, 0.6) is 5.75 Å². The summed E-state index contributed by atoms with van der Waals surface area (Å²) in [7, 11) is 1.48. The second kappa shape index (κ2) is 5.67. The first-order valence-corrected chi connectivity index (χ1v) is 6.40. The summed E-state index contributed by atoms with van der Waals surface area (Å²) in [5, 5.41) is 3.39. The number of hydrogen-bond acceptors (Lipinski definition) is 3. The van der Waals surface area contributed by atoms with Gasteiger partial charge in [0.1, 0.15) is 0 Å². The lowest BCUT2D eigenvalue weighted by Crippen LogP contribution is -2.54. The molecular formula is C14H21FN2O. The Morgan fingerprint density at radius 3 is 2.56 bits per heavy atom. The van der Waals surface area contributed by atoms with Gasteiger partial charge in [0.05, 0.1) is 7.11 Å². The number of hydrogen-bond donors (Lipinski definition) is 1. The number of nitrogens with one attached hydrogen (secondary N) is 1. The smallest absolute Gasteiger partial charge is 0.165 e. The van der Waals surface area contributed by atoms with Crippen LogP contribution in [0, 0.1) is 5.82 Å². The molecule has 1 aromatic carbocycles. The Morgan fingerprint density at radius 1 is 1.33 bits per heavy atom. The monoisotopic (exact) mass is 252 g/mol. The molecule has 1 N–H and O–H groups in total. The van der Waals surface area contributed by atoms with Gasteiger partial charge in [0, 0.05) is 31.7 Å². The zero-order valence-corrected chi connectivity index (χ0v) is 11.2. The molecular weight excluding hydrogens is 231 g/mol. The fourth-order valence-electron chi connectivity index (χ4n) is 2.50. The maximum Gasteiger partial charge on any atom is 0.165 e. The van der Waals surface area contributed by atoms with Gasteiger partial charge in [-0.2, -0.15) is 0 Å². The van der Waals surface area contributed by atoms with Crippen LogP contribution in [0.4, 0.5) is 4.39 Å². The third-order valence-electron chi connectivity index (χ3n) is 3.59. The van der Waals surface area contributed by atoms with Crippen LogP contribution < -0.4 is 10.1 Å². The Hall–Kier alpha value is -1.13. The molecule has 1 aromatic rings. The van der Waals surface area contributed by atoms with E-state index >= 15 is 0 Å². The second-order valence-corrected chi connectivity index (χ2v) is 5.00. The predicted molar refractivity (Wildman–Crippen MR) is 70.3 cm³/mol. The summed E-state index contributed by atoms with van der Waals surface area (Å²) in [5.74, 6) is 0.0191. The van der Waals surface area contributed by atoms with Crippen LogP contribution in [0.1, 0.15) is 19.4 Å². The van der Waals surface area contributed by atoms with E-state index in [9.17, 15) is 4.39 Å². The highest BCUT2D eigenvalue weighted by Crippen LogP contribution is 2.20. The van der Waals surface area contributed by atoms with E-state index in [-0.39, 0.29) is 5.82 Å². The predicted octanol–water partition coefficient (Wildman–Crippen LogP) is 2.02. The van der Waals surface area contributed by atoms with Gasteiger partial charge in [-0.15, -0.1) is 0 Å². The molecule has 0 radical (unpaired) electrons. The van der Waals surface area contributed by atoms with Crippen molar-refractivity contribution in [1.82, 2.24) is 10.2 Å². The standard InChI is InChI=1S/C14H21FN2O/c1-10-7-16-8-11(2)17(10)9-12-4-5-14(18-3)13(15)6-12/h4-6,10-11,16H,7-9H2,1-3H3. The first kappa shape index (κ1) is 13.3. The molecule has 1 fully saturated rings. The van der Waals surface area contributed by atoms with E-state index < -0.39 is 0 Å². The normalized spacial score (nSPS) is 25.1. The van der Waals surface area contributed by atoms with Crippen molar-refractivity contribution in [3.63, 3.8) is 0 Å². The number of methoxy groups -OCH3 is 1. The summed E-state index contributed by atoms with van der Waals surface area (Å²) in [6.45, 7) is 7.15. The fraction of sp³-hybridized carbons (Fsp3) is 0.571. The minimum Gasteiger partial charge on any atom is -0.494 e. The first-order valence-electron chi connectivity index (χ1n) is 6.40. The number of benzene rings is 1. The van der Waals surface area contributed by atoms with E-state index in [0.29, 0.717) is 17.8 Å². The maximum absolute atomic E-state index is 13.6. The van der Waals surface area contributed by atoms with Crippen molar-refractivity contribution in [1.29, 1.82) is 0 Å². The van der Waals surface area contributed by atoms with E-state index in [0.717, 1.165) is 25.2 Å². The van der Waals surface area contributed by atoms with Crippen molar-refractivity contribution >= 4 is 0 Å². The lowest BCUT2D eigenvalue weighted by molar-refractivity contribution is 0.108. The van der Waals surface area contributed by atoms with Gasteiger partial charge < -0.3 is 10.1 Å². The van der Waals surface area contributed by atoms with Crippen LogP contribution in [-0.2, 0) is 6.54 Å². The lowest BCUT2D eigenvalue weighted by Gasteiger charge is -2.39. The van der Waals surface area contributed by atoms with Gasteiger partial charge in [0.25, 0.3) is 0 Å². The van der Waals surface area contributed by atoms with Crippen LogP contribution in [0.25, 0.3) is 0 Å². The number of nitrogens with zero attached hydrogens (tertiary/aromatic N) is 1. The van der Waals surface area contributed by atoms with E-state index in [4.69, 9.17) is 4.74 Å². The van der Waals surface area contributed by atoms with E-state index in [1.807, 2.05) is 6.07 Å². The molecule has 1 heterocycles. The highest BCUT2D eigenvalue weighted by molar-refractivity contribution is 5.29. The topological polar surface area (TPSA) is 24.5 Å². The molecule has 4 heteroatoms. The Kier molecular flexibility index (Phi) is 4.19. The average molecular weight is 252 g/mol. The first-order chi connectivity index (χ1) is 8.61. The summed E-state index contributed by atoms with van der Waals surface area (Å²) >= 11 is 0. The highest BCUT2D eigenvalue weighted by atomic mass is 19.1. The van der Waals surface area contributed by atoms with Crippen LogP contribution >= 0.6 is 0 Å². The molecule has 0 amide bonds. The summed E-state index contributed by atoms with van der Waals surface area (Å²) in [5.41, 5.74) is 0.994. The molecule has 0 spiro atoms. The van der Waals surface area contributed by atoms with Gasteiger partial charge in [0.2, 0.25) is 0 Å². The van der Waals surface area contributed by atoms with E-state index in [1.165, 1.54) is 7.11 Å². The van der Waals surface area contributed by atoms with Gasteiger partial charge in [-0.3, -0.25) is 4.90 Å². The van der Waals surface area contributed by atoms with Crippen molar-refractivity contribution in [3.05, 3.63) is 29.6 Å². The molecule has 0 saturated carbocycles. The van der Waals surface area contributed by atoms with Gasteiger partial charge in [0.15, 0.2) is 11.6 Å². The van der Waals surface area contributed by atoms with Gasteiger partial charge in [-0.25, -0.2) is 4.39 Å². The molecule has 0 aromatic heterocycles.